The molecular formula is C11H10ClNO. The molecule has 0 aliphatic carbocycles. The minimum absolute atomic E-state index is 0.0381. The summed E-state index contributed by atoms with van der Waals surface area (Å²) >= 11 is 5.44. The van der Waals surface area contributed by atoms with Crippen LogP contribution in [0.1, 0.15) is 5.56 Å². The lowest BCUT2D eigenvalue weighted by atomic mass is 10.2. The number of para-hydroxylation sites is 1. The van der Waals surface area contributed by atoms with Crippen molar-refractivity contribution in [2.45, 2.75) is 0 Å². The van der Waals surface area contributed by atoms with Gasteiger partial charge in [-0.15, -0.1) is 0 Å². The minimum Gasteiger partial charge on any atom is -0.321 e. The number of nitrogens with one attached hydrogen (secondary N) is 1. The summed E-state index contributed by atoms with van der Waals surface area (Å²) in [6, 6.07) is 7.30. The van der Waals surface area contributed by atoms with Gasteiger partial charge in [-0.1, -0.05) is 49.0 Å². The van der Waals surface area contributed by atoms with Crippen LogP contribution in [0.15, 0.2) is 42.5 Å². The maximum absolute atomic E-state index is 11.2. The van der Waals surface area contributed by atoms with Crippen LogP contribution in [0.4, 0.5) is 5.69 Å². The highest BCUT2D eigenvalue weighted by Crippen LogP contribution is 2.16. The predicted octanol–water partition coefficient (Wildman–Crippen LogP) is 3.02. The van der Waals surface area contributed by atoms with Crippen molar-refractivity contribution in [1.82, 2.24) is 0 Å². The summed E-state index contributed by atoms with van der Waals surface area (Å²) in [6.45, 7) is 6.97. The molecule has 0 unspecified atom stereocenters. The number of rotatable bonds is 3. The lowest BCUT2D eigenvalue weighted by Gasteiger charge is -2.06. The van der Waals surface area contributed by atoms with Gasteiger partial charge in [0.05, 0.1) is 5.03 Å². The van der Waals surface area contributed by atoms with Crippen molar-refractivity contribution in [1.29, 1.82) is 0 Å². The molecule has 0 heterocycles. The Labute approximate surface area is 87.9 Å². The van der Waals surface area contributed by atoms with Gasteiger partial charge in [-0.05, 0) is 11.6 Å². The second-order valence-corrected chi connectivity index (χ2v) is 3.11. The summed E-state index contributed by atoms with van der Waals surface area (Å²) in [7, 11) is 0. The Kier molecular flexibility index (Phi) is 3.48. The van der Waals surface area contributed by atoms with Crippen LogP contribution in [0.25, 0.3) is 6.08 Å². The van der Waals surface area contributed by atoms with E-state index < -0.39 is 5.91 Å². The SMILES string of the molecule is C=Cc1ccccc1NC(=O)C(=C)Cl. The maximum atomic E-state index is 11.2. The fraction of sp³-hybridized carbons (Fsp3) is 0. The second kappa shape index (κ2) is 4.63. The lowest BCUT2D eigenvalue weighted by Crippen LogP contribution is -2.11. The van der Waals surface area contributed by atoms with Gasteiger partial charge in [0.15, 0.2) is 0 Å². The third-order valence-corrected chi connectivity index (χ3v) is 1.85. The third kappa shape index (κ3) is 2.47. The average Bonchev–Trinajstić information content (AvgIpc) is 2.18. The Hall–Kier alpha value is -1.54. The van der Waals surface area contributed by atoms with E-state index in [2.05, 4.69) is 18.5 Å². The molecule has 72 valence electrons. The van der Waals surface area contributed by atoms with Crippen molar-refractivity contribution in [3.05, 3.63) is 48.0 Å². The monoisotopic (exact) mass is 207 g/mol. The molecule has 1 amide bonds. The van der Waals surface area contributed by atoms with Gasteiger partial charge in [-0.3, -0.25) is 4.79 Å². The number of halogens is 1. The van der Waals surface area contributed by atoms with Crippen molar-refractivity contribution in [3.8, 4) is 0 Å². The van der Waals surface area contributed by atoms with E-state index in [4.69, 9.17) is 11.6 Å². The molecule has 0 aromatic heterocycles. The van der Waals surface area contributed by atoms with Crippen molar-refractivity contribution in [3.63, 3.8) is 0 Å². The van der Waals surface area contributed by atoms with Crippen LogP contribution in [0.2, 0.25) is 0 Å². The first-order valence-corrected chi connectivity index (χ1v) is 4.40. The molecule has 0 spiro atoms. The van der Waals surface area contributed by atoms with E-state index in [0.717, 1.165) is 5.56 Å². The van der Waals surface area contributed by atoms with Gasteiger partial charge in [-0.25, -0.2) is 0 Å². The standard InChI is InChI=1S/C11H10ClNO/c1-3-9-6-4-5-7-10(9)13-11(14)8(2)12/h3-7H,1-2H2,(H,13,14). The summed E-state index contributed by atoms with van der Waals surface area (Å²) in [5.74, 6) is -0.402. The van der Waals surface area contributed by atoms with Gasteiger partial charge in [0.2, 0.25) is 0 Å². The molecule has 3 heteroatoms. The Morgan fingerprint density at radius 1 is 1.43 bits per heavy atom. The van der Waals surface area contributed by atoms with Gasteiger partial charge < -0.3 is 5.32 Å². The number of carbonyl (C=O) groups excluding carboxylic acids is 1. The molecule has 1 aromatic rings. The van der Waals surface area contributed by atoms with Crippen LogP contribution >= 0.6 is 11.6 Å². The molecule has 1 N–H and O–H groups in total. The zero-order valence-corrected chi connectivity index (χ0v) is 8.34. The van der Waals surface area contributed by atoms with Crippen LogP contribution in [0.3, 0.4) is 0 Å². The molecule has 1 rings (SSSR count). The highest BCUT2D eigenvalue weighted by Gasteiger charge is 2.05. The number of amides is 1. The molecule has 0 fully saturated rings. The molecule has 14 heavy (non-hydrogen) atoms. The van der Waals surface area contributed by atoms with Crippen LogP contribution in [-0.2, 0) is 4.79 Å². The van der Waals surface area contributed by atoms with Gasteiger partial charge in [0, 0.05) is 5.69 Å². The van der Waals surface area contributed by atoms with E-state index in [0.29, 0.717) is 5.69 Å². The number of anilines is 1. The topological polar surface area (TPSA) is 29.1 Å². The molecule has 2 nitrogen and oxygen atoms in total. The van der Waals surface area contributed by atoms with Crippen molar-refractivity contribution in [2.24, 2.45) is 0 Å². The fourth-order valence-corrected chi connectivity index (χ4v) is 1.03. The van der Waals surface area contributed by atoms with Crippen LogP contribution < -0.4 is 5.32 Å². The summed E-state index contributed by atoms with van der Waals surface area (Å²) in [6.07, 6.45) is 1.66. The molecule has 0 saturated carbocycles. The van der Waals surface area contributed by atoms with E-state index in [1.165, 1.54) is 0 Å². The Morgan fingerprint density at radius 2 is 2.07 bits per heavy atom. The second-order valence-electron chi connectivity index (χ2n) is 2.65. The summed E-state index contributed by atoms with van der Waals surface area (Å²) in [4.78, 5) is 11.2. The number of hydrogen-bond acceptors (Lipinski definition) is 1. The Bertz CT molecular complexity index is 385. The maximum Gasteiger partial charge on any atom is 0.266 e. The molecule has 1 aromatic carbocycles. The van der Waals surface area contributed by atoms with E-state index in [-0.39, 0.29) is 5.03 Å². The lowest BCUT2D eigenvalue weighted by molar-refractivity contribution is -0.112. The van der Waals surface area contributed by atoms with Gasteiger partial charge in [0.1, 0.15) is 0 Å². The van der Waals surface area contributed by atoms with E-state index >= 15 is 0 Å². The molecule has 0 aliphatic rings. The number of carbonyl (C=O) groups is 1. The minimum atomic E-state index is -0.402. The predicted molar refractivity (Wildman–Crippen MR) is 60.2 cm³/mol. The average molecular weight is 208 g/mol. The summed E-state index contributed by atoms with van der Waals surface area (Å²) < 4.78 is 0. The van der Waals surface area contributed by atoms with E-state index in [1.807, 2.05) is 18.2 Å². The molecule has 0 atom stereocenters. The third-order valence-electron chi connectivity index (χ3n) is 1.68. The molecule has 0 radical (unpaired) electrons. The quantitative estimate of drug-likeness (QED) is 0.759. The Morgan fingerprint density at radius 3 is 2.64 bits per heavy atom. The molecule has 0 saturated heterocycles. The van der Waals surface area contributed by atoms with Gasteiger partial charge in [0.25, 0.3) is 5.91 Å². The highest BCUT2D eigenvalue weighted by atomic mass is 35.5. The molecular weight excluding hydrogens is 198 g/mol. The van der Waals surface area contributed by atoms with Crippen LogP contribution in [0, 0.1) is 0 Å². The van der Waals surface area contributed by atoms with Gasteiger partial charge >= 0.3 is 0 Å². The first-order valence-electron chi connectivity index (χ1n) is 4.02. The molecule has 0 aliphatic heterocycles. The normalized spacial score (nSPS) is 9.21. The first kappa shape index (κ1) is 10.5. The van der Waals surface area contributed by atoms with E-state index in [1.54, 1.807) is 12.1 Å². The Balaban J connectivity index is 2.91. The zero-order chi connectivity index (χ0) is 10.6. The summed E-state index contributed by atoms with van der Waals surface area (Å²) in [5, 5.41) is 2.58. The smallest absolute Gasteiger partial charge is 0.266 e. The van der Waals surface area contributed by atoms with Crippen molar-refractivity contribution < 1.29 is 4.79 Å². The van der Waals surface area contributed by atoms with Crippen molar-refractivity contribution in [2.75, 3.05) is 5.32 Å². The van der Waals surface area contributed by atoms with Crippen molar-refractivity contribution >= 4 is 29.3 Å². The number of benzene rings is 1. The highest BCUT2D eigenvalue weighted by molar-refractivity contribution is 6.43. The fourth-order valence-electron chi connectivity index (χ4n) is 0.979. The van der Waals surface area contributed by atoms with Crippen LogP contribution in [0.5, 0.6) is 0 Å². The molecule has 0 bridgehead atoms. The van der Waals surface area contributed by atoms with Crippen LogP contribution in [-0.4, -0.2) is 5.91 Å². The van der Waals surface area contributed by atoms with E-state index in [9.17, 15) is 4.79 Å². The summed E-state index contributed by atoms with van der Waals surface area (Å²) in [5.41, 5.74) is 1.52. The van der Waals surface area contributed by atoms with Gasteiger partial charge in [-0.2, -0.15) is 0 Å². The number of hydrogen-bond donors (Lipinski definition) is 1. The first-order chi connectivity index (χ1) is 6.65. The zero-order valence-electron chi connectivity index (χ0n) is 7.59. The largest absolute Gasteiger partial charge is 0.321 e.